The molecule has 0 spiro atoms. The monoisotopic (exact) mass is 263 g/mol. The van der Waals surface area contributed by atoms with Crippen molar-refractivity contribution in [2.24, 2.45) is 0 Å². The SMILES string of the molecule is CSc1ncc2cc(C3CCOC3)[n+]([O-])cc2n1. The number of fused-ring (bicyclic) bond motifs is 1. The van der Waals surface area contributed by atoms with Crippen LogP contribution >= 0.6 is 11.8 Å². The van der Waals surface area contributed by atoms with E-state index in [0.717, 1.165) is 28.8 Å². The van der Waals surface area contributed by atoms with Crippen LogP contribution in [0, 0.1) is 5.21 Å². The molecule has 6 heteroatoms. The van der Waals surface area contributed by atoms with Gasteiger partial charge in [-0.1, -0.05) is 11.8 Å². The molecule has 1 aliphatic heterocycles. The van der Waals surface area contributed by atoms with Gasteiger partial charge >= 0.3 is 0 Å². The smallest absolute Gasteiger partial charge is 0.207 e. The molecule has 0 radical (unpaired) electrons. The van der Waals surface area contributed by atoms with Crippen molar-refractivity contribution < 1.29 is 9.47 Å². The van der Waals surface area contributed by atoms with Crippen LogP contribution in [-0.2, 0) is 4.74 Å². The third-order valence-electron chi connectivity index (χ3n) is 3.15. The number of aromatic nitrogens is 3. The van der Waals surface area contributed by atoms with E-state index in [1.165, 1.54) is 18.0 Å². The van der Waals surface area contributed by atoms with E-state index in [1.807, 2.05) is 12.3 Å². The number of ether oxygens (including phenoxy) is 1. The van der Waals surface area contributed by atoms with Crippen LogP contribution in [0.4, 0.5) is 0 Å². The second kappa shape index (κ2) is 4.70. The van der Waals surface area contributed by atoms with Crippen LogP contribution in [0.15, 0.2) is 23.6 Å². The van der Waals surface area contributed by atoms with E-state index in [0.29, 0.717) is 17.3 Å². The average Bonchev–Trinajstić information content (AvgIpc) is 2.91. The third-order valence-corrected chi connectivity index (χ3v) is 3.72. The lowest BCUT2D eigenvalue weighted by Gasteiger charge is -2.10. The summed E-state index contributed by atoms with van der Waals surface area (Å²) in [6, 6.07) is 1.88. The zero-order valence-electron chi connectivity index (χ0n) is 10.00. The lowest BCUT2D eigenvalue weighted by Crippen LogP contribution is -2.33. The molecule has 0 bridgehead atoms. The molecule has 0 amide bonds. The van der Waals surface area contributed by atoms with Crippen molar-refractivity contribution in [2.75, 3.05) is 19.5 Å². The van der Waals surface area contributed by atoms with E-state index in [9.17, 15) is 5.21 Å². The number of pyridine rings is 1. The van der Waals surface area contributed by atoms with Crippen LogP contribution in [0.5, 0.6) is 0 Å². The molecule has 0 aromatic carbocycles. The Bertz CT molecular complexity index is 585. The Morgan fingerprint density at radius 2 is 2.44 bits per heavy atom. The number of hydrogen-bond acceptors (Lipinski definition) is 5. The van der Waals surface area contributed by atoms with Crippen molar-refractivity contribution in [3.8, 4) is 0 Å². The van der Waals surface area contributed by atoms with Crippen molar-refractivity contribution in [2.45, 2.75) is 17.5 Å². The van der Waals surface area contributed by atoms with Gasteiger partial charge in [0.1, 0.15) is 5.52 Å². The second-order valence-electron chi connectivity index (χ2n) is 4.28. The van der Waals surface area contributed by atoms with Gasteiger partial charge in [0.25, 0.3) is 0 Å². The van der Waals surface area contributed by atoms with Crippen molar-refractivity contribution in [3.05, 3.63) is 29.4 Å². The lowest BCUT2D eigenvalue weighted by molar-refractivity contribution is -0.614. The van der Waals surface area contributed by atoms with E-state index in [1.54, 1.807) is 6.20 Å². The summed E-state index contributed by atoms with van der Waals surface area (Å²) in [5.74, 6) is 0.187. The largest absolute Gasteiger partial charge is 0.618 e. The Hall–Kier alpha value is -1.40. The van der Waals surface area contributed by atoms with Gasteiger partial charge in [-0.3, -0.25) is 0 Å². The van der Waals surface area contributed by atoms with Crippen molar-refractivity contribution in [1.82, 2.24) is 9.97 Å². The lowest BCUT2D eigenvalue weighted by atomic mass is 10.0. The predicted octanol–water partition coefficient (Wildman–Crippen LogP) is 1.49. The van der Waals surface area contributed by atoms with Gasteiger partial charge in [0.15, 0.2) is 10.9 Å². The Kier molecular flexibility index (Phi) is 3.05. The van der Waals surface area contributed by atoms with Gasteiger partial charge in [-0.15, -0.1) is 0 Å². The van der Waals surface area contributed by atoms with E-state index in [-0.39, 0.29) is 5.92 Å². The minimum absolute atomic E-state index is 0.187. The van der Waals surface area contributed by atoms with E-state index in [4.69, 9.17) is 4.74 Å². The fraction of sp³-hybridized carbons (Fsp3) is 0.417. The first-order valence-electron chi connectivity index (χ1n) is 5.79. The summed E-state index contributed by atoms with van der Waals surface area (Å²) < 4.78 is 6.24. The standard InChI is InChI=1S/C12H13N3O2S/c1-18-12-13-5-9-4-11(8-2-3-17-7-8)15(16)6-10(9)14-12/h4-6,8H,2-3,7H2,1H3. The van der Waals surface area contributed by atoms with Crippen LogP contribution in [0.2, 0.25) is 0 Å². The molecular formula is C12H13N3O2S. The van der Waals surface area contributed by atoms with Gasteiger partial charge in [0.2, 0.25) is 6.20 Å². The molecule has 94 valence electrons. The molecule has 2 aromatic heterocycles. The summed E-state index contributed by atoms with van der Waals surface area (Å²) in [4.78, 5) is 8.55. The third kappa shape index (κ3) is 2.02. The quantitative estimate of drug-likeness (QED) is 0.355. The van der Waals surface area contributed by atoms with Gasteiger partial charge in [-0.2, -0.15) is 4.73 Å². The summed E-state index contributed by atoms with van der Waals surface area (Å²) in [5.41, 5.74) is 1.44. The maximum absolute atomic E-state index is 12.0. The predicted molar refractivity (Wildman–Crippen MR) is 68.5 cm³/mol. The molecular weight excluding hydrogens is 250 g/mol. The molecule has 1 atom stereocenters. The number of hydrogen-bond donors (Lipinski definition) is 0. The minimum atomic E-state index is 0.187. The Morgan fingerprint density at radius 1 is 1.56 bits per heavy atom. The molecule has 0 aliphatic carbocycles. The Balaban J connectivity index is 2.09. The zero-order valence-corrected chi connectivity index (χ0v) is 10.8. The zero-order chi connectivity index (χ0) is 12.5. The Labute approximate surface area is 109 Å². The van der Waals surface area contributed by atoms with Crippen LogP contribution in [0.1, 0.15) is 18.0 Å². The number of thioether (sulfide) groups is 1. The van der Waals surface area contributed by atoms with Crippen molar-refractivity contribution >= 4 is 22.7 Å². The van der Waals surface area contributed by atoms with Gasteiger partial charge < -0.3 is 9.94 Å². The topological polar surface area (TPSA) is 62.0 Å². The molecule has 1 fully saturated rings. The molecule has 0 saturated carbocycles. The summed E-state index contributed by atoms with van der Waals surface area (Å²) >= 11 is 1.47. The normalized spacial score (nSPS) is 19.5. The maximum Gasteiger partial charge on any atom is 0.207 e. The van der Waals surface area contributed by atoms with E-state index in [2.05, 4.69) is 9.97 Å². The molecule has 1 saturated heterocycles. The van der Waals surface area contributed by atoms with Crippen molar-refractivity contribution in [3.63, 3.8) is 0 Å². The maximum atomic E-state index is 12.0. The summed E-state index contributed by atoms with van der Waals surface area (Å²) in [7, 11) is 0. The highest BCUT2D eigenvalue weighted by atomic mass is 32.2. The average molecular weight is 263 g/mol. The van der Waals surface area contributed by atoms with Gasteiger partial charge in [-0.25, -0.2) is 9.97 Å². The highest BCUT2D eigenvalue weighted by molar-refractivity contribution is 7.98. The molecule has 2 aromatic rings. The number of nitrogens with zero attached hydrogens (tertiary/aromatic N) is 3. The van der Waals surface area contributed by atoms with Gasteiger partial charge in [-0.05, 0) is 12.7 Å². The highest BCUT2D eigenvalue weighted by Crippen LogP contribution is 2.24. The molecule has 3 heterocycles. The first-order chi connectivity index (χ1) is 8.78. The van der Waals surface area contributed by atoms with Gasteiger partial charge in [0.05, 0.1) is 12.5 Å². The molecule has 1 unspecified atom stereocenters. The number of rotatable bonds is 2. The van der Waals surface area contributed by atoms with Crippen LogP contribution in [0.25, 0.3) is 10.9 Å². The fourth-order valence-electron chi connectivity index (χ4n) is 2.17. The van der Waals surface area contributed by atoms with Crippen molar-refractivity contribution in [1.29, 1.82) is 0 Å². The fourth-order valence-corrected chi connectivity index (χ4v) is 2.52. The molecule has 18 heavy (non-hydrogen) atoms. The van der Waals surface area contributed by atoms with E-state index >= 15 is 0 Å². The highest BCUT2D eigenvalue weighted by Gasteiger charge is 2.25. The molecule has 3 rings (SSSR count). The first kappa shape index (κ1) is 11.7. The molecule has 0 N–H and O–H groups in total. The summed E-state index contributed by atoms with van der Waals surface area (Å²) in [6.45, 7) is 1.35. The van der Waals surface area contributed by atoms with Crippen LogP contribution < -0.4 is 4.73 Å². The molecule has 5 nitrogen and oxygen atoms in total. The van der Waals surface area contributed by atoms with E-state index < -0.39 is 0 Å². The first-order valence-corrected chi connectivity index (χ1v) is 7.02. The minimum Gasteiger partial charge on any atom is -0.618 e. The van der Waals surface area contributed by atoms with Crippen LogP contribution in [0.3, 0.4) is 0 Å². The summed E-state index contributed by atoms with van der Waals surface area (Å²) in [6.07, 6.45) is 6.12. The van der Waals surface area contributed by atoms with Crippen LogP contribution in [-0.4, -0.2) is 29.4 Å². The Morgan fingerprint density at radius 3 is 3.17 bits per heavy atom. The van der Waals surface area contributed by atoms with Gasteiger partial charge in [0, 0.05) is 24.3 Å². The molecule has 1 aliphatic rings. The second-order valence-corrected chi connectivity index (χ2v) is 5.06. The summed E-state index contributed by atoms with van der Waals surface area (Å²) in [5, 5.41) is 13.6.